The maximum atomic E-state index is 12.8. The van der Waals surface area contributed by atoms with Gasteiger partial charge in [0.25, 0.3) is 5.69 Å². The van der Waals surface area contributed by atoms with E-state index < -0.39 is 43.6 Å². The summed E-state index contributed by atoms with van der Waals surface area (Å²) < 4.78 is 24.8. The first-order chi connectivity index (χ1) is 11.8. The number of nitro benzene ring substituents is 2. The first-order valence-corrected chi connectivity index (χ1v) is 8.11. The van der Waals surface area contributed by atoms with E-state index in [4.69, 9.17) is 0 Å². The minimum atomic E-state index is -1.57. The number of nitro groups is 2. The van der Waals surface area contributed by atoms with E-state index in [0.717, 1.165) is 17.6 Å². The quantitative estimate of drug-likeness (QED) is 0.618. The van der Waals surface area contributed by atoms with Crippen molar-refractivity contribution in [3.05, 3.63) is 79.0 Å². The molecule has 2 aromatic carbocycles. The predicted octanol–water partition coefficient (Wildman–Crippen LogP) is 3.27. The number of rotatable bonds is 6. The zero-order valence-electron chi connectivity index (χ0n) is 12.5. The van der Waals surface area contributed by atoms with Crippen LogP contribution in [-0.4, -0.2) is 19.2 Å². The monoisotopic (exact) mass is 366 g/mol. The molecule has 8 nitrogen and oxygen atoms in total. The second kappa shape index (κ2) is 7.62. The highest BCUT2D eigenvalue weighted by Crippen LogP contribution is 2.35. The number of phenols is 1. The van der Waals surface area contributed by atoms with Crippen molar-refractivity contribution >= 4 is 28.3 Å². The van der Waals surface area contributed by atoms with Crippen LogP contribution in [0.15, 0.2) is 41.8 Å². The second-order valence-corrected chi connectivity index (χ2v) is 6.19. The van der Waals surface area contributed by atoms with Crippen molar-refractivity contribution in [2.45, 2.75) is 5.75 Å². The van der Waals surface area contributed by atoms with Crippen LogP contribution in [0, 0.1) is 26.0 Å². The largest absolute Gasteiger partial charge is 0.502 e. The fraction of sp³-hybridized carbons (Fsp3) is 0.0667. The van der Waals surface area contributed by atoms with Gasteiger partial charge in [0.05, 0.1) is 32.5 Å². The van der Waals surface area contributed by atoms with Gasteiger partial charge >= 0.3 is 5.69 Å². The molecule has 0 bridgehead atoms. The van der Waals surface area contributed by atoms with Crippen LogP contribution in [0.25, 0.3) is 6.08 Å². The molecule has 0 aliphatic heterocycles. The van der Waals surface area contributed by atoms with E-state index in [1.807, 2.05) is 0 Å². The van der Waals surface area contributed by atoms with Crippen molar-refractivity contribution in [1.29, 1.82) is 0 Å². The SMILES string of the molecule is O=[N+]([O-])c1cc(/C=C/S(=O)Cc2ccc(F)cc2)c(O)c([N+](=O)[O-])c1. The lowest BCUT2D eigenvalue weighted by atomic mass is 10.1. The van der Waals surface area contributed by atoms with Crippen molar-refractivity contribution in [3.63, 3.8) is 0 Å². The number of hydrogen-bond donors (Lipinski definition) is 1. The van der Waals surface area contributed by atoms with E-state index in [9.17, 15) is 33.9 Å². The molecule has 0 amide bonds. The maximum absolute atomic E-state index is 12.8. The average Bonchev–Trinajstić information content (AvgIpc) is 2.55. The minimum Gasteiger partial charge on any atom is -0.502 e. The number of aromatic hydroxyl groups is 1. The smallest absolute Gasteiger partial charge is 0.318 e. The first kappa shape index (κ1) is 18.2. The van der Waals surface area contributed by atoms with Gasteiger partial charge in [-0.3, -0.25) is 24.4 Å². The molecule has 2 aromatic rings. The average molecular weight is 366 g/mol. The lowest BCUT2D eigenvalue weighted by Crippen LogP contribution is -1.95. The van der Waals surface area contributed by atoms with Crippen LogP contribution in [0.3, 0.4) is 0 Å². The molecule has 0 aliphatic carbocycles. The second-order valence-electron chi connectivity index (χ2n) is 4.87. The van der Waals surface area contributed by atoms with Crippen molar-refractivity contribution in [2.75, 3.05) is 0 Å². The Balaban J connectivity index is 2.27. The van der Waals surface area contributed by atoms with Gasteiger partial charge in [-0.05, 0) is 23.8 Å². The Kier molecular flexibility index (Phi) is 5.55. The molecule has 0 spiro atoms. The Bertz CT molecular complexity index is 882. The van der Waals surface area contributed by atoms with Crippen LogP contribution >= 0.6 is 0 Å². The first-order valence-electron chi connectivity index (χ1n) is 6.73. The molecule has 2 rings (SSSR count). The molecule has 0 aliphatic rings. The van der Waals surface area contributed by atoms with E-state index in [1.165, 1.54) is 24.3 Å². The van der Waals surface area contributed by atoms with E-state index >= 15 is 0 Å². The van der Waals surface area contributed by atoms with Crippen LogP contribution in [0.2, 0.25) is 0 Å². The molecule has 0 saturated carbocycles. The summed E-state index contributed by atoms with van der Waals surface area (Å²) in [5.41, 5.74) is -1.00. The highest BCUT2D eigenvalue weighted by molar-refractivity contribution is 7.87. The molecule has 0 fully saturated rings. The van der Waals surface area contributed by atoms with E-state index in [0.29, 0.717) is 11.6 Å². The van der Waals surface area contributed by atoms with Gasteiger partial charge in [-0.2, -0.15) is 0 Å². The van der Waals surface area contributed by atoms with Crippen molar-refractivity contribution in [1.82, 2.24) is 0 Å². The molecule has 0 heterocycles. The number of non-ortho nitro benzene ring substituents is 1. The third kappa shape index (κ3) is 4.67. The van der Waals surface area contributed by atoms with E-state index in [-0.39, 0.29) is 11.3 Å². The standard InChI is InChI=1S/C15H11FN2O6S/c16-12-3-1-10(2-4-12)9-25(24)6-5-11-7-13(17(20)21)8-14(15(11)19)18(22)23/h1-8,19H,9H2/b6-5+. The number of benzene rings is 2. The number of phenolic OH excluding ortho intramolecular Hbond substituents is 1. The van der Waals surface area contributed by atoms with Gasteiger partial charge in [-0.15, -0.1) is 0 Å². The Hall–Kier alpha value is -3.14. The van der Waals surface area contributed by atoms with E-state index in [2.05, 4.69) is 0 Å². The lowest BCUT2D eigenvalue weighted by Gasteiger charge is -2.02. The summed E-state index contributed by atoms with van der Waals surface area (Å²) in [7, 11) is -1.57. The zero-order valence-corrected chi connectivity index (χ0v) is 13.3. The van der Waals surface area contributed by atoms with Gasteiger partial charge in [-0.25, -0.2) is 4.39 Å². The Morgan fingerprint density at radius 2 is 1.76 bits per heavy atom. The topological polar surface area (TPSA) is 124 Å². The van der Waals surface area contributed by atoms with Crippen LogP contribution in [0.4, 0.5) is 15.8 Å². The molecule has 0 aromatic heterocycles. The van der Waals surface area contributed by atoms with Gasteiger partial charge in [0, 0.05) is 17.0 Å². The Morgan fingerprint density at radius 1 is 1.12 bits per heavy atom. The summed E-state index contributed by atoms with van der Waals surface area (Å²) in [6.45, 7) is 0. The fourth-order valence-corrected chi connectivity index (χ4v) is 2.86. The third-order valence-electron chi connectivity index (χ3n) is 3.13. The fourth-order valence-electron chi connectivity index (χ4n) is 1.94. The van der Waals surface area contributed by atoms with Crippen LogP contribution in [0.5, 0.6) is 5.75 Å². The number of nitrogens with zero attached hydrogens (tertiary/aromatic N) is 2. The van der Waals surface area contributed by atoms with Crippen LogP contribution in [0.1, 0.15) is 11.1 Å². The van der Waals surface area contributed by atoms with Crippen molar-refractivity contribution in [2.24, 2.45) is 0 Å². The van der Waals surface area contributed by atoms with Gasteiger partial charge in [-0.1, -0.05) is 12.1 Å². The summed E-state index contributed by atoms with van der Waals surface area (Å²) in [5, 5.41) is 32.7. The predicted molar refractivity (Wildman–Crippen MR) is 88.7 cm³/mol. The summed E-state index contributed by atoms with van der Waals surface area (Å²) in [6, 6.07) is 6.92. The molecule has 1 atom stereocenters. The van der Waals surface area contributed by atoms with Crippen molar-refractivity contribution < 1.29 is 23.6 Å². The normalized spacial score (nSPS) is 12.2. The molecular formula is C15H11FN2O6S. The van der Waals surface area contributed by atoms with Crippen LogP contribution < -0.4 is 0 Å². The maximum Gasteiger partial charge on any atom is 0.318 e. The molecule has 1 N–H and O–H groups in total. The Labute approximate surface area is 143 Å². The minimum absolute atomic E-state index is 0.0502. The van der Waals surface area contributed by atoms with Gasteiger partial charge in [0.15, 0.2) is 0 Å². The van der Waals surface area contributed by atoms with Gasteiger partial charge in [0.2, 0.25) is 5.75 Å². The van der Waals surface area contributed by atoms with Gasteiger partial charge < -0.3 is 5.11 Å². The molecule has 10 heteroatoms. The summed E-state index contributed by atoms with van der Waals surface area (Å²) in [4.78, 5) is 19.9. The van der Waals surface area contributed by atoms with E-state index in [1.54, 1.807) is 0 Å². The molecule has 130 valence electrons. The summed E-state index contributed by atoms with van der Waals surface area (Å²) >= 11 is 0. The Morgan fingerprint density at radius 3 is 2.32 bits per heavy atom. The summed E-state index contributed by atoms with van der Waals surface area (Å²) in [6.07, 6.45) is 1.11. The zero-order chi connectivity index (χ0) is 18.6. The molecule has 0 radical (unpaired) electrons. The number of hydrogen-bond acceptors (Lipinski definition) is 6. The highest BCUT2D eigenvalue weighted by atomic mass is 32.2. The van der Waals surface area contributed by atoms with Crippen molar-refractivity contribution in [3.8, 4) is 5.75 Å². The molecule has 1 unspecified atom stereocenters. The molecule has 0 saturated heterocycles. The van der Waals surface area contributed by atoms with Gasteiger partial charge in [0.1, 0.15) is 5.82 Å². The third-order valence-corrected chi connectivity index (χ3v) is 4.19. The highest BCUT2D eigenvalue weighted by Gasteiger charge is 2.22. The molecule has 25 heavy (non-hydrogen) atoms. The van der Waals surface area contributed by atoms with Crippen LogP contribution in [-0.2, 0) is 16.6 Å². The lowest BCUT2D eigenvalue weighted by molar-refractivity contribution is -0.394. The summed E-state index contributed by atoms with van der Waals surface area (Å²) in [5.74, 6) is -1.14. The molecular weight excluding hydrogens is 355 g/mol. The number of halogens is 1.